The van der Waals surface area contributed by atoms with Crippen molar-refractivity contribution in [3.8, 4) is 5.75 Å². The highest BCUT2D eigenvalue weighted by molar-refractivity contribution is 7.99. The third-order valence-electron chi connectivity index (χ3n) is 3.72. The first-order valence-electron chi connectivity index (χ1n) is 8.00. The Morgan fingerprint density at radius 3 is 3.04 bits per heavy atom. The van der Waals surface area contributed by atoms with Crippen LogP contribution in [0.25, 0.3) is 0 Å². The van der Waals surface area contributed by atoms with E-state index in [1.807, 2.05) is 30.0 Å². The second-order valence-corrected chi connectivity index (χ2v) is 6.94. The van der Waals surface area contributed by atoms with Crippen LogP contribution in [0.4, 0.5) is 4.79 Å². The Morgan fingerprint density at radius 2 is 2.30 bits per heavy atom. The summed E-state index contributed by atoms with van der Waals surface area (Å²) in [6.07, 6.45) is 0.119. The fourth-order valence-electron chi connectivity index (χ4n) is 2.41. The number of ether oxygens (including phenoxy) is 2. The molecule has 1 aliphatic heterocycles. The van der Waals surface area contributed by atoms with Crippen LogP contribution in [0.2, 0.25) is 0 Å². The third kappa shape index (κ3) is 5.62. The summed E-state index contributed by atoms with van der Waals surface area (Å²) in [5, 5.41) is 3.02. The molecule has 0 spiro atoms. The van der Waals surface area contributed by atoms with E-state index >= 15 is 0 Å². The molecule has 128 valence electrons. The number of para-hydroxylation sites is 1. The smallest absolute Gasteiger partial charge is 0.317 e. The third-order valence-corrected chi connectivity index (χ3v) is 5.11. The van der Waals surface area contributed by atoms with E-state index in [1.165, 1.54) is 0 Å². The minimum absolute atomic E-state index is 0.00860. The molecule has 1 fully saturated rings. The number of nitrogens with zero attached hydrogens (tertiary/aromatic N) is 1. The van der Waals surface area contributed by atoms with Crippen molar-refractivity contribution in [1.82, 2.24) is 10.2 Å². The Bertz CT molecular complexity index is 512. The van der Waals surface area contributed by atoms with Crippen molar-refractivity contribution < 1.29 is 14.3 Å². The first-order valence-corrected chi connectivity index (χ1v) is 8.99. The molecule has 1 saturated heterocycles. The summed E-state index contributed by atoms with van der Waals surface area (Å²) < 4.78 is 10.8. The zero-order valence-corrected chi connectivity index (χ0v) is 14.9. The van der Waals surface area contributed by atoms with E-state index in [0.29, 0.717) is 32.2 Å². The first-order chi connectivity index (χ1) is 11.1. The Labute approximate surface area is 142 Å². The Morgan fingerprint density at radius 1 is 1.52 bits per heavy atom. The van der Waals surface area contributed by atoms with Crippen LogP contribution in [0, 0.1) is 5.92 Å². The normalized spacial score (nSPS) is 19.3. The highest BCUT2D eigenvalue weighted by Crippen LogP contribution is 2.29. The van der Waals surface area contributed by atoms with Gasteiger partial charge in [-0.05, 0) is 25.0 Å². The van der Waals surface area contributed by atoms with Crippen LogP contribution in [0.5, 0.6) is 5.75 Å². The van der Waals surface area contributed by atoms with Crippen molar-refractivity contribution in [2.24, 2.45) is 5.92 Å². The molecule has 1 N–H and O–H groups in total. The predicted molar refractivity (Wildman–Crippen MR) is 93.3 cm³/mol. The van der Waals surface area contributed by atoms with Gasteiger partial charge in [0.15, 0.2) is 0 Å². The Balaban J connectivity index is 1.72. The van der Waals surface area contributed by atoms with Gasteiger partial charge in [0.25, 0.3) is 0 Å². The SMILES string of the molecule is COc1ccccc1SCC(C)CNC(=O)N1CCOC(C)C1. The lowest BCUT2D eigenvalue weighted by Crippen LogP contribution is -2.49. The van der Waals surface area contributed by atoms with Crippen LogP contribution in [0.1, 0.15) is 13.8 Å². The van der Waals surface area contributed by atoms with Crippen molar-refractivity contribution in [2.75, 3.05) is 39.1 Å². The van der Waals surface area contributed by atoms with Gasteiger partial charge in [0.05, 0.1) is 19.8 Å². The molecule has 2 atom stereocenters. The number of morpholine rings is 1. The zero-order chi connectivity index (χ0) is 16.7. The number of carbonyl (C=O) groups excluding carboxylic acids is 1. The van der Waals surface area contributed by atoms with Gasteiger partial charge in [-0.25, -0.2) is 4.79 Å². The topological polar surface area (TPSA) is 50.8 Å². The number of hydrogen-bond donors (Lipinski definition) is 1. The van der Waals surface area contributed by atoms with Gasteiger partial charge in [0.1, 0.15) is 5.75 Å². The number of thioether (sulfide) groups is 1. The maximum absolute atomic E-state index is 12.2. The van der Waals surface area contributed by atoms with Crippen molar-refractivity contribution >= 4 is 17.8 Å². The fourth-order valence-corrected chi connectivity index (χ4v) is 3.46. The fraction of sp³-hybridized carbons (Fsp3) is 0.588. The summed E-state index contributed by atoms with van der Waals surface area (Å²) in [6, 6.07) is 8.01. The number of hydrogen-bond acceptors (Lipinski definition) is 4. The highest BCUT2D eigenvalue weighted by Gasteiger charge is 2.21. The van der Waals surface area contributed by atoms with Gasteiger partial charge in [0, 0.05) is 30.3 Å². The van der Waals surface area contributed by atoms with Crippen LogP contribution >= 0.6 is 11.8 Å². The summed E-state index contributed by atoms with van der Waals surface area (Å²) in [4.78, 5) is 15.1. The average molecular weight is 338 g/mol. The van der Waals surface area contributed by atoms with E-state index in [0.717, 1.165) is 16.4 Å². The van der Waals surface area contributed by atoms with Crippen LogP contribution < -0.4 is 10.1 Å². The number of nitrogens with one attached hydrogen (secondary N) is 1. The molecule has 2 unspecified atom stereocenters. The summed E-state index contributed by atoms with van der Waals surface area (Å²) in [6.45, 7) is 6.76. The second kappa shape index (κ2) is 9.03. The van der Waals surface area contributed by atoms with E-state index < -0.39 is 0 Å². The predicted octanol–water partition coefficient (Wildman–Crippen LogP) is 2.85. The number of rotatable bonds is 6. The van der Waals surface area contributed by atoms with E-state index in [4.69, 9.17) is 9.47 Å². The van der Waals surface area contributed by atoms with Gasteiger partial charge in [-0.1, -0.05) is 19.1 Å². The summed E-state index contributed by atoms with van der Waals surface area (Å²) in [5.41, 5.74) is 0. The molecule has 1 heterocycles. The molecule has 1 aliphatic rings. The molecule has 0 aromatic heterocycles. The molecule has 0 bridgehead atoms. The largest absolute Gasteiger partial charge is 0.496 e. The van der Waals surface area contributed by atoms with E-state index in [2.05, 4.69) is 18.3 Å². The maximum Gasteiger partial charge on any atom is 0.317 e. The van der Waals surface area contributed by atoms with Crippen LogP contribution in [-0.4, -0.2) is 56.1 Å². The van der Waals surface area contributed by atoms with E-state index in [1.54, 1.807) is 18.9 Å². The molecule has 23 heavy (non-hydrogen) atoms. The van der Waals surface area contributed by atoms with Gasteiger partial charge in [-0.15, -0.1) is 11.8 Å². The van der Waals surface area contributed by atoms with Gasteiger partial charge in [-0.3, -0.25) is 0 Å². The Hall–Kier alpha value is -1.40. The summed E-state index contributed by atoms with van der Waals surface area (Å²) >= 11 is 1.76. The van der Waals surface area contributed by atoms with Gasteiger partial charge >= 0.3 is 6.03 Å². The minimum Gasteiger partial charge on any atom is -0.496 e. The quantitative estimate of drug-likeness (QED) is 0.811. The summed E-state index contributed by atoms with van der Waals surface area (Å²) in [7, 11) is 1.69. The molecular weight excluding hydrogens is 312 g/mol. The van der Waals surface area contributed by atoms with Crippen LogP contribution in [0.15, 0.2) is 29.2 Å². The molecule has 0 saturated carbocycles. The van der Waals surface area contributed by atoms with Crippen LogP contribution in [0.3, 0.4) is 0 Å². The number of urea groups is 1. The first kappa shape index (κ1) is 17.9. The maximum atomic E-state index is 12.2. The number of methoxy groups -OCH3 is 1. The molecule has 5 nitrogen and oxygen atoms in total. The lowest BCUT2D eigenvalue weighted by Gasteiger charge is -2.31. The monoisotopic (exact) mass is 338 g/mol. The van der Waals surface area contributed by atoms with E-state index in [-0.39, 0.29) is 12.1 Å². The number of carbonyl (C=O) groups is 1. The lowest BCUT2D eigenvalue weighted by atomic mass is 10.2. The molecule has 0 aliphatic carbocycles. The van der Waals surface area contributed by atoms with Gasteiger partial charge < -0.3 is 19.7 Å². The molecule has 2 rings (SSSR count). The van der Waals surface area contributed by atoms with Crippen molar-refractivity contribution in [1.29, 1.82) is 0 Å². The van der Waals surface area contributed by atoms with Gasteiger partial charge in [0.2, 0.25) is 0 Å². The highest BCUT2D eigenvalue weighted by atomic mass is 32.2. The Kier molecular flexibility index (Phi) is 7.05. The molecule has 1 aromatic carbocycles. The van der Waals surface area contributed by atoms with Crippen molar-refractivity contribution in [3.05, 3.63) is 24.3 Å². The minimum atomic E-state index is 0.00860. The van der Waals surface area contributed by atoms with Crippen molar-refractivity contribution in [3.63, 3.8) is 0 Å². The summed E-state index contributed by atoms with van der Waals surface area (Å²) in [5.74, 6) is 2.21. The second-order valence-electron chi connectivity index (χ2n) is 5.88. The standard InChI is InChI=1S/C17H26N2O3S/c1-13(12-23-16-7-5-4-6-15(16)21-3)10-18-17(20)19-8-9-22-14(2)11-19/h4-7,13-14H,8-12H2,1-3H3,(H,18,20). The molecule has 2 amide bonds. The van der Waals surface area contributed by atoms with E-state index in [9.17, 15) is 4.79 Å². The van der Waals surface area contributed by atoms with Gasteiger partial charge in [-0.2, -0.15) is 0 Å². The molecule has 1 aromatic rings. The lowest BCUT2D eigenvalue weighted by molar-refractivity contribution is -0.00352. The van der Waals surface area contributed by atoms with Crippen LogP contribution in [-0.2, 0) is 4.74 Å². The zero-order valence-electron chi connectivity index (χ0n) is 14.1. The number of benzene rings is 1. The molecule has 6 heteroatoms. The average Bonchev–Trinajstić information content (AvgIpc) is 2.58. The molecular formula is C17H26N2O3S. The number of amides is 2. The molecule has 0 radical (unpaired) electrons. The van der Waals surface area contributed by atoms with Crippen molar-refractivity contribution in [2.45, 2.75) is 24.8 Å².